The number of rotatable bonds is 15. The Labute approximate surface area is 148 Å². The minimum Gasteiger partial charge on any atom is -0.480 e. The van der Waals surface area contributed by atoms with Crippen LogP contribution in [0.1, 0.15) is 91.4 Å². The monoisotopic (exact) mass is 339 g/mol. The Morgan fingerprint density at radius 3 is 2.12 bits per heavy atom. The molecule has 0 aliphatic heterocycles. The van der Waals surface area contributed by atoms with E-state index in [0.29, 0.717) is 6.42 Å². The van der Waals surface area contributed by atoms with Crippen molar-refractivity contribution < 1.29 is 14.7 Å². The molecule has 0 bridgehead atoms. The number of amides is 1. The smallest absolute Gasteiger partial charge is 0.326 e. The molecule has 0 heterocycles. The van der Waals surface area contributed by atoms with Crippen LogP contribution in [-0.2, 0) is 9.59 Å². The molecule has 0 unspecified atom stereocenters. The largest absolute Gasteiger partial charge is 0.480 e. The van der Waals surface area contributed by atoms with Crippen molar-refractivity contribution in [3.05, 3.63) is 12.2 Å². The first-order valence-corrected chi connectivity index (χ1v) is 9.70. The first kappa shape index (κ1) is 22.7. The summed E-state index contributed by atoms with van der Waals surface area (Å²) in [5, 5.41) is 11.8. The Bertz CT molecular complexity index is 366. The minimum atomic E-state index is -0.940. The van der Waals surface area contributed by atoms with Crippen LogP contribution in [0.2, 0.25) is 0 Å². The van der Waals surface area contributed by atoms with Gasteiger partial charge in [-0.1, -0.05) is 71.4 Å². The standard InChI is InChI=1S/C20H37NO3/c1-4-6-7-8-9-10-11-12-13-14-15-16-18(22)21-19(20(23)24)17(3)5-2/h8-9,17,19H,4-7,10-16H2,1-3H3,(H,21,22)(H,23,24)/b9-8-/t17-,19-/m0/s1. The fourth-order valence-corrected chi connectivity index (χ4v) is 2.56. The molecule has 0 rings (SSSR count). The van der Waals surface area contributed by atoms with Crippen molar-refractivity contribution in [3.8, 4) is 0 Å². The van der Waals surface area contributed by atoms with Crippen LogP contribution in [0.5, 0.6) is 0 Å². The van der Waals surface area contributed by atoms with E-state index in [0.717, 1.165) is 32.1 Å². The Balaban J connectivity index is 3.65. The number of hydrogen-bond donors (Lipinski definition) is 2. The van der Waals surface area contributed by atoms with Gasteiger partial charge in [-0.15, -0.1) is 0 Å². The van der Waals surface area contributed by atoms with Gasteiger partial charge in [0.05, 0.1) is 0 Å². The molecular formula is C20H37NO3. The lowest BCUT2D eigenvalue weighted by molar-refractivity contribution is -0.143. The molecule has 2 N–H and O–H groups in total. The predicted octanol–water partition coefficient (Wildman–Crippen LogP) is 5.08. The van der Waals surface area contributed by atoms with Crippen LogP contribution >= 0.6 is 0 Å². The molecule has 0 saturated carbocycles. The third kappa shape index (κ3) is 12.1. The summed E-state index contributed by atoms with van der Waals surface area (Å²) in [5.74, 6) is -1.12. The molecular weight excluding hydrogens is 302 g/mol. The maximum atomic E-state index is 11.9. The lowest BCUT2D eigenvalue weighted by Gasteiger charge is -2.20. The summed E-state index contributed by atoms with van der Waals surface area (Å²) < 4.78 is 0. The van der Waals surface area contributed by atoms with Gasteiger partial charge in [0.2, 0.25) is 5.91 Å². The van der Waals surface area contributed by atoms with E-state index >= 15 is 0 Å². The molecule has 0 aromatic rings. The van der Waals surface area contributed by atoms with E-state index in [1.54, 1.807) is 0 Å². The summed E-state index contributed by atoms with van der Waals surface area (Å²) in [4.78, 5) is 23.0. The maximum Gasteiger partial charge on any atom is 0.326 e. The molecule has 0 aromatic heterocycles. The molecule has 4 heteroatoms. The van der Waals surface area contributed by atoms with Crippen LogP contribution in [0.3, 0.4) is 0 Å². The number of carbonyl (C=O) groups excluding carboxylic acids is 1. The Morgan fingerprint density at radius 1 is 0.958 bits per heavy atom. The van der Waals surface area contributed by atoms with Gasteiger partial charge in [0.1, 0.15) is 6.04 Å². The lowest BCUT2D eigenvalue weighted by Crippen LogP contribution is -2.44. The first-order chi connectivity index (χ1) is 11.5. The Kier molecular flexibility index (Phi) is 14.4. The fourth-order valence-electron chi connectivity index (χ4n) is 2.56. The highest BCUT2D eigenvalue weighted by atomic mass is 16.4. The highest BCUT2D eigenvalue weighted by Gasteiger charge is 2.24. The van der Waals surface area contributed by atoms with Crippen molar-refractivity contribution in [3.63, 3.8) is 0 Å². The van der Waals surface area contributed by atoms with Crippen LogP contribution in [0.4, 0.5) is 0 Å². The first-order valence-electron chi connectivity index (χ1n) is 9.70. The second-order valence-electron chi connectivity index (χ2n) is 6.69. The molecule has 24 heavy (non-hydrogen) atoms. The molecule has 1 amide bonds. The molecule has 140 valence electrons. The second kappa shape index (κ2) is 15.2. The summed E-state index contributed by atoms with van der Waals surface area (Å²) >= 11 is 0. The van der Waals surface area contributed by atoms with Crippen LogP contribution < -0.4 is 5.32 Å². The molecule has 4 nitrogen and oxygen atoms in total. The zero-order chi connectivity index (χ0) is 18.2. The van der Waals surface area contributed by atoms with E-state index in [2.05, 4.69) is 24.4 Å². The SMILES string of the molecule is CCCC/C=C\CCCCCCCC(=O)N[C@H](C(=O)O)[C@@H](C)CC. The van der Waals surface area contributed by atoms with Gasteiger partial charge >= 0.3 is 5.97 Å². The highest BCUT2D eigenvalue weighted by Crippen LogP contribution is 2.10. The number of carbonyl (C=O) groups is 2. The number of allylic oxidation sites excluding steroid dienone is 2. The normalized spacial score (nSPS) is 13.8. The molecule has 0 saturated heterocycles. The van der Waals surface area contributed by atoms with Crippen LogP contribution in [-0.4, -0.2) is 23.0 Å². The average molecular weight is 340 g/mol. The summed E-state index contributed by atoms with van der Waals surface area (Å²) in [6.07, 6.45) is 16.0. The minimum absolute atomic E-state index is 0.0446. The van der Waals surface area contributed by atoms with Crippen molar-refractivity contribution in [2.75, 3.05) is 0 Å². The van der Waals surface area contributed by atoms with Crippen molar-refractivity contribution >= 4 is 11.9 Å². The molecule has 0 aliphatic carbocycles. The van der Waals surface area contributed by atoms with Gasteiger partial charge in [0.15, 0.2) is 0 Å². The summed E-state index contributed by atoms with van der Waals surface area (Å²) in [6, 6.07) is -0.762. The van der Waals surface area contributed by atoms with Gasteiger partial charge in [-0.25, -0.2) is 4.79 Å². The number of hydrogen-bond acceptors (Lipinski definition) is 2. The van der Waals surface area contributed by atoms with Gasteiger partial charge in [0.25, 0.3) is 0 Å². The van der Waals surface area contributed by atoms with Crippen molar-refractivity contribution in [2.24, 2.45) is 5.92 Å². The predicted molar refractivity (Wildman–Crippen MR) is 100 cm³/mol. The summed E-state index contributed by atoms with van der Waals surface area (Å²) in [5.41, 5.74) is 0. The lowest BCUT2D eigenvalue weighted by atomic mass is 9.99. The highest BCUT2D eigenvalue weighted by molar-refractivity contribution is 5.83. The number of carboxylic acid groups (broad SMARTS) is 1. The Hall–Kier alpha value is -1.32. The van der Waals surface area contributed by atoms with E-state index in [1.165, 1.54) is 32.1 Å². The zero-order valence-electron chi connectivity index (χ0n) is 15.9. The third-order valence-corrected chi connectivity index (χ3v) is 4.46. The average Bonchev–Trinajstić information content (AvgIpc) is 2.56. The van der Waals surface area contributed by atoms with E-state index in [4.69, 9.17) is 5.11 Å². The van der Waals surface area contributed by atoms with Gasteiger partial charge in [-0.05, 0) is 31.6 Å². The number of aliphatic carboxylic acids is 1. The zero-order valence-corrected chi connectivity index (χ0v) is 15.9. The molecule has 0 radical (unpaired) electrons. The van der Waals surface area contributed by atoms with Crippen molar-refractivity contribution in [1.82, 2.24) is 5.32 Å². The van der Waals surface area contributed by atoms with E-state index in [-0.39, 0.29) is 11.8 Å². The Morgan fingerprint density at radius 2 is 1.54 bits per heavy atom. The molecule has 0 aromatic carbocycles. The topological polar surface area (TPSA) is 66.4 Å². The van der Waals surface area contributed by atoms with Crippen LogP contribution in [0.25, 0.3) is 0 Å². The third-order valence-electron chi connectivity index (χ3n) is 4.46. The number of unbranched alkanes of at least 4 members (excludes halogenated alkanes) is 7. The molecule has 0 fully saturated rings. The fraction of sp³-hybridized carbons (Fsp3) is 0.800. The van der Waals surface area contributed by atoms with Crippen molar-refractivity contribution in [2.45, 2.75) is 97.4 Å². The van der Waals surface area contributed by atoms with Gasteiger partial charge in [-0.3, -0.25) is 4.79 Å². The van der Waals surface area contributed by atoms with Gasteiger partial charge in [0, 0.05) is 6.42 Å². The van der Waals surface area contributed by atoms with E-state index < -0.39 is 12.0 Å². The number of nitrogens with one attached hydrogen (secondary N) is 1. The second-order valence-corrected chi connectivity index (χ2v) is 6.69. The number of carboxylic acids is 1. The maximum absolute atomic E-state index is 11.9. The van der Waals surface area contributed by atoms with E-state index in [1.807, 2.05) is 13.8 Å². The quantitative estimate of drug-likeness (QED) is 0.323. The van der Waals surface area contributed by atoms with Crippen molar-refractivity contribution in [1.29, 1.82) is 0 Å². The van der Waals surface area contributed by atoms with Gasteiger partial charge in [-0.2, -0.15) is 0 Å². The molecule has 2 atom stereocenters. The summed E-state index contributed by atoms with van der Waals surface area (Å²) in [6.45, 7) is 6.00. The van der Waals surface area contributed by atoms with Crippen LogP contribution in [0.15, 0.2) is 12.2 Å². The van der Waals surface area contributed by atoms with Gasteiger partial charge < -0.3 is 10.4 Å². The summed E-state index contributed by atoms with van der Waals surface area (Å²) in [7, 11) is 0. The van der Waals surface area contributed by atoms with E-state index in [9.17, 15) is 9.59 Å². The van der Waals surface area contributed by atoms with Crippen LogP contribution in [0, 0.1) is 5.92 Å². The molecule has 0 spiro atoms. The molecule has 0 aliphatic rings.